The van der Waals surface area contributed by atoms with Crippen LogP contribution in [0.1, 0.15) is 11.3 Å². The van der Waals surface area contributed by atoms with Gasteiger partial charge in [-0.15, -0.1) is 0 Å². The number of rotatable bonds is 4. The lowest BCUT2D eigenvalue weighted by molar-refractivity contribution is 1.07. The molecule has 110 valence electrons. The van der Waals surface area contributed by atoms with E-state index >= 15 is 0 Å². The van der Waals surface area contributed by atoms with E-state index in [0.29, 0.717) is 5.95 Å². The molecule has 0 spiro atoms. The van der Waals surface area contributed by atoms with Gasteiger partial charge in [-0.3, -0.25) is 0 Å². The van der Waals surface area contributed by atoms with Crippen LogP contribution in [0.3, 0.4) is 0 Å². The molecule has 0 aliphatic carbocycles. The molecule has 3 rings (SSSR count). The quantitative estimate of drug-likeness (QED) is 0.738. The molecule has 2 aromatic carbocycles. The van der Waals surface area contributed by atoms with Gasteiger partial charge in [0.05, 0.1) is 0 Å². The molecule has 0 amide bonds. The van der Waals surface area contributed by atoms with Crippen LogP contribution in [-0.2, 0) is 0 Å². The summed E-state index contributed by atoms with van der Waals surface area (Å²) in [6.45, 7) is 4.01. The van der Waals surface area contributed by atoms with Crippen molar-refractivity contribution in [3.05, 3.63) is 71.9 Å². The number of benzene rings is 2. The predicted octanol–water partition coefficient (Wildman–Crippen LogP) is 4.58. The normalized spacial score (nSPS) is 10.3. The maximum atomic E-state index is 4.59. The van der Waals surface area contributed by atoms with Gasteiger partial charge in [0.15, 0.2) is 0 Å². The molecule has 4 nitrogen and oxygen atoms in total. The molecule has 0 saturated carbocycles. The van der Waals surface area contributed by atoms with Crippen molar-refractivity contribution in [3.8, 4) is 0 Å². The van der Waals surface area contributed by atoms with Crippen LogP contribution < -0.4 is 10.6 Å². The molecule has 1 heterocycles. The number of nitrogens with one attached hydrogen (secondary N) is 2. The minimum absolute atomic E-state index is 0.590. The standard InChI is InChI=1S/C18H18N4/c1-13-14(2)19-18(21-16-11-7-4-8-12-16)22-17(13)20-15-9-5-3-6-10-15/h3-12H,1-2H3,(H2,19,20,21,22). The fraction of sp³-hybridized carbons (Fsp3) is 0.111. The van der Waals surface area contributed by atoms with E-state index in [1.165, 1.54) is 0 Å². The Hall–Kier alpha value is -2.88. The maximum Gasteiger partial charge on any atom is 0.229 e. The molecule has 4 heteroatoms. The van der Waals surface area contributed by atoms with Gasteiger partial charge in [-0.25, -0.2) is 4.98 Å². The molecule has 0 aliphatic rings. The van der Waals surface area contributed by atoms with Gasteiger partial charge in [-0.2, -0.15) is 4.98 Å². The highest BCUT2D eigenvalue weighted by Gasteiger charge is 2.08. The molecule has 2 N–H and O–H groups in total. The van der Waals surface area contributed by atoms with E-state index in [-0.39, 0.29) is 0 Å². The Morgan fingerprint density at radius 1 is 0.682 bits per heavy atom. The number of para-hydroxylation sites is 2. The monoisotopic (exact) mass is 290 g/mol. The summed E-state index contributed by atoms with van der Waals surface area (Å²) in [6.07, 6.45) is 0. The van der Waals surface area contributed by atoms with Crippen LogP contribution in [0.5, 0.6) is 0 Å². The van der Waals surface area contributed by atoms with Gasteiger partial charge < -0.3 is 10.6 Å². The third-order valence-corrected chi connectivity index (χ3v) is 3.46. The molecular weight excluding hydrogens is 272 g/mol. The molecule has 0 bridgehead atoms. The Balaban J connectivity index is 1.90. The lowest BCUT2D eigenvalue weighted by atomic mass is 10.2. The Kier molecular flexibility index (Phi) is 4.01. The SMILES string of the molecule is Cc1nc(Nc2ccccc2)nc(Nc2ccccc2)c1C. The smallest absolute Gasteiger partial charge is 0.229 e. The Bertz CT molecular complexity index is 755. The summed E-state index contributed by atoms with van der Waals surface area (Å²) >= 11 is 0. The first-order valence-electron chi connectivity index (χ1n) is 7.22. The number of hydrogen-bond donors (Lipinski definition) is 2. The second-order valence-corrected chi connectivity index (χ2v) is 5.09. The minimum atomic E-state index is 0.590. The first kappa shape index (κ1) is 14.1. The largest absolute Gasteiger partial charge is 0.340 e. The van der Waals surface area contributed by atoms with Gasteiger partial charge in [0, 0.05) is 22.6 Å². The van der Waals surface area contributed by atoms with Gasteiger partial charge in [0.25, 0.3) is 0 Å². The second-order valence-electron chi connectivity index (χ2n) is 5.09. The Morgan fingerprint density at radius 2 is 1.23 bits per heavy atom. The molecule has 0 saturated heterocycles. The van der Waals surface area contributed by atoms with Crippen molar-refractivity contribution >= 4 is 23.1 Å². The van der Waals surface area contributed by atoms with Crippen LogP contribution in [0.2, 0.25) is 0 Å². The van der Waals surface area contributed by atoms with Crippen LogP contribution >= 0.6 is 0 Å². The molecule has 1 aromatic heterocycles. The van der Waals surface area contributed by atoms with Gasteiger partial charge >= 0.3 is 0 Å². The Labute approximate surface area is 130 Å². The van der Waals surface area contributed by atoms with E-state index in [2.05, 4.69) is 20.6 Å². The first-order valence-corrected chi connectivity index (χ1v) is 7.22. The van der Waals surface area contributed by atoms with Gasteiger partial charge in [-0.05, 0) is 38.1 Å². The summed E-state index contributed by atoms with van der Waals surface area (Å²) in [6, 6.07) is 19.9. The summed E-state index contributed by atoms with van der Waals surface area (Å²) in [5.41, 5.74) is 3.97. The van der Waals surface area contributed by atoms with Crippen molar-refractivity contribution in [1.29, 1.82) is 0 Å². The molecule has 0 radical (unpaired) electrons. The highest BCUT2D eigenvalue weighted by molar-refractivity contribution is 5.63. The van der Waals surface area contributed by atoms with E-state index in [1.54, 1.807) is 0 Å². The molecular formula is C18H18N4. The summed E-state index contributed by atoms with van der Waals surface area (Å²) in [7, 11) is 0. The highest BCUT2D eigenvalue weighted by atomic mass is 15.1. The van der Waals surface area contributed by atoms with Crippen LogP contribution in [0, 0.1) is 13.8 Å². The minimum Gasteiger partial charge on any atom is -0.340 e. The molecule has 0 atom stereocenters. The summed E-state index contributed by atoms with van der Waals surface area (Å²) in [5.74, 6) is 1.41. The van der Waals surface area contributed by atoms with Crippen molar-refractivity contribution in [2.75, 3.05) is 10.6 Å². The van der Waals surface area contributed by atoms with Gasteiger partial charge in [-0.1, -0.05) is 36.4 Å². The van der Waals surface area contributed by atoms with Crippen molar-refractivity contribution in [2.24, 2.45) is 0 Å². The number of hydrogen-bond acceptors (Lipinski definition) is 4. The van der Waals surface area contributed by atoms with E-state index in [4.69, 9.17) is 0 Å². The number of nitrogens with zero attached hydrogens (tertiary/aromatic N) is 2. The summed E-state index contributed by atoms with van der Waals surface area (Å²) < 4.78 is 0. The highest BCUT2D eigenvalue weighted by Crippen LogP contribution is 2.23. The van der Waals surface area contributed by atoms with Crippen LogP contribution in [0.25, 0.3) is 0 Å². The number of aryl methyl sites for hydroxylation is 1. The third kappa shape index (κ3) is 3.23. The molecule has 0 fully saturated rings. The van der Waals surface area contributed by atoms with E-state index < -0.39 is 0 Å². The average molecular weight is 290 g/mol. The van der Waals surface area contributed by atoms with Crippen LogP contribution in [0.15, 0.2) is 60.7 Å². The lowest BCUT2D eigenvalue weighted by Gasteiger charge is -2.13. The van der Waals surface area contributed by atoms with Crippen molar-refractivity contribution in [1.82, 2.24) is 9.97 Å². The first-order chi connectivity index (χ1) is 10.7. The molecule has 22 heavy (non-hydrogen) atoms. The van der Waals surface area contributed by atoms with Crippen molar-refractivity contribution < 1.29 is 0 Å². The van der Waals surface area contributed by atoms with E-state index in [0.717, 1.165) is 28.5 Å². The lowest BCUT2D eigenvalue weighted by Crippen LogP contribution is -2.05. The fourth-order valence-corrected chi connectivity index (χ4v) is 2.12. The third-order valence-electron chi connectivity index (χ3n) is 3.46. The predicted molar refractivity (Wildman–Crippen MR) is 91.0 cm³/mol. The molecule has 0 unspecified atom stereocenters. The second kappa shape index (κ2) is 6.26. The van der Waals surface area contributed by atoms with E-state index in [1.807, 2.05) is 74.5 Å². The zero-order valence-electron chi connectivity index (χ0n) is 12.7. The number of aromatic nitrogens is 2. The van der Waals surface area contributed by atoms with Gasteiger partial charge in [0.1, 0.15) is 5.82 Å². The van der Waals surface area contributed by atoms with Crippen molar-refractivity contribution in [2.45, 2.75) is 13.8 Å². The maximum absolute atomic E-state index is 4.59. The number of anilines is 4. The molecule has 3 aromatic rings. The summed E-state index contributed by atoms with van der Waals surface area (Å²) in [4.78, 5) is 9.10. The summed E-state index contributed by atoms with van der Waals surface area (Å²) in [5, 5.41) is 6.58. The zero-order valence-corrected chi connectivity index (χ0v) is 12.7. The van der Waals surface area contributed by atoms with Crippen LogP contribution in [-0.4, -0.2) is 9.97 Å². The van der Waals surface area contributed by atoms with Crippen LogP contribution in [0.4, 0.5) is 23.1 Å². The van der Waals surface area contributed by atoms with Crippen molar-refractivity contribution in [3.63, 3.8) is 0 Å². The Morgan fingerprint density at radius 3 is 1.82 bits per heavy atom. The average Bonchev–Trinajstić information content (AvgIpc) is 2.54. The molecule has 0 aliphatic heterocycles. The fourth-order valence-electron chi connectivity index (χ4n) is 2.12. The topological polar surface area (TPSA) is 49.8 Å². The zero-order chi connectivity index (χ0) is 15.4. The van der Waals surface area contributed by atoms with E-state index in [9.17, 15) is 0 Å². The van der Waals surface area contributed by atoms with Gasteiger partial charge in [0.2, 0.25) is 5.95 Å².